The quantitative estimate of drug-likeness (QED) is 0.375. The largest absolute Gasteiger partial charge is 0.394 e. The number of likely N-dealkylation sites (tertiary alicyclic amines) is 1. The van der Waals surface area contributed by atoms with Gasteiger partial charge in [0.05, 0.1) is 19.3 Å². The van der Waals surface area contributed by atoms with Crippen LogP contribution in [0.3, 0.4) is 0 Å². The van der Waals surface area contributed by atoms with Crippen molar-refractivity contribution in [1.29, 1.82) is 0 Å². The lowest BCUT2D eigenvalue weighted by atomic mass is 9.97. The van der Waals surface area contributed by atoms with Crippen molar-refractivity contribution < 1.29 is 19.8 Å². The molecule has 12 heteroatoms. The summed E-state index contributed by atoms with van der Waals surface area (Å²) in [7, 11) is 0. The number of nitrogens with two attached hydrogens (primary N) is 1. The molecule has 212 valence electrons. The summed E-state index contributed by atoms with van der Waals surface area (Å²) in [5.74, 6) is -0.202. The number of halogens is 1. The molecule has 0 aliphatic carbocycles. The van der Waals surface area contributed by atoms with Crippen LogP contribution in [0, 0.1) is 6.92 Å². The van der Waals surface area contributed by atoms with Gasteiger partial charge < -0.3 is 31.1 Å². The average molecular weight is 560 g/mol. The maximum Gasteiger partial charge on any atom is 0.274 e. The van der Waals surface area contributed by atoms with Gasteiger partial charge in [-0.05, 0) is 38.3 Å². The number of nitrogen functional groups attached to an aromatic ring is 1. The van der Waals surface area contributed by atoms with Crippen LogP contribution < -0.4 is 16.0 Å². The van der Waals surface area contributed by atoms with Gasteiger partial charge in [0.1, 0.15) is 0 Å². The van der Waals surface area contributed by atoms with E-state index < -0.39 is 25.2 Å². The van der Waals surface area contributed by atoms with Crippen LogP contribution in [0.15, 0.2) is 24.3 Å². The number of aliphatic hydroxyl groups excluding tert-OH is 2. The molecule has 1 atom stereocenters. The highest BCUT2D eigenvalue weighted by molar-refractivity contribution is 6.32. The first kappa shape index (κ1) is 29.0. The van der Waals surface area contributed by atoms with Gasteiger partial charge in [-0.3, -0.25) is 14.5 Å². The van der Waals surface area contributed by atoms with Crippen molar-refractivity contribution in [2.24, 2.45) is 0 Å². The molecule has 2 aromatic rings. The summed E-state index contributed by atoms with van der Waals surface area (Å²) in [6.45, 7) is 6.97. The molecular weight excluding hydrogens is 522 g/mol. The zero-order valence-electron chi connectivity index (χ0n) is 22.5. The van der Waals surface area contributed by atoms with Gasteiger partial charge in [0, 0.05) is 50.4 Å². The van der Waals surface area contributed by atoms with Crippen LogP contribution in [-0.4, -0.2) is 106 Å². The van der Waals surface area contributed by atoms with Gasteiger partial charge in [-0.2, -0.15) is 0 Å². The molecule has 4 rings (SSSR count). The van der Waals surface area contributed by atoms with Gasteiger partial charge in [0.15, 0.2) is 22.5 Å². The lowest BCUT2D eigenvalue weighted by Gasteiger charge is -2.47. The predicted molar refractivity (Wildman–Crippen MR) is 150 cm³/mol. The smallest absolute Gasteiger partial charge is 0.274 e. The number of piperazine rings is 1. The van der Waals surface area contributed by atoms with Crippen molar-refractivity contribution in [3.63, 3.8) is 0 Å². The highest BCUT2D eigenvalue weighted by Gasteiger charge is 2.35. The first-order valence-corrected chi connectivity index (χ1v) is 13.9. The lowest BCUT2D eigenvalue weighted by molar-refractivity contribution is 0.0490. The Labute approximate surface area is 234 Å². The fourth-order valence-electron chi connectivity index (χ4n) is 5.37. The van der Waals surface area contributed by atoms with Crippen LogP contribution in [-0.2, 0) is 0 Å². The zero-order chi connectivity index (χ0) is 28.1. The second-order valence-corrected chi connectivity index (χ2v) is 10.6. The number of rotatable bonds is 8. The summed E-state index contributed by atoms with van der Waals surface area (Å²) in [4.78, 5) is 40.6. The molecule has 11 nitrogen and oxygen atoms in total. The monoisotopic (exact) mass is 559 g/mol. The summed E-state index contributed by atoms with van der Waals surface area (Å²) >= 11 is 6.46. The number of amides is 2. The van der Waals surface area contributed by atoms with E-state index in [1.54, 1.807) is 0 Å². The summed E-state index contributed by atoms with van der Waals surface area (Å²) in [5.41, 5.74) is 7.80. The SMILES string of the molecule is CC[C@H]1CN(c2nc(N)c(C(=O)NC(CO)CO)nc2Cl)CCN1C1CCN(C(=O)c2ccc(C)cc2)CC1. The number of nitrogens with zero attached hydrogens (tertiary/aromatic N) is 5. The topological polar surface area (TPSA) is 148 Å². The van der Waals surface area contributed by atoms with Gasteiger partial charge in [-0.15, -0.1) is 0 Å². The number of benzene rings is 1. The van der Waals surface area contributed by atoms with E-state index in [4.69, 9.17) is 17.3 Å². The van der Waals surface area contributed by atoms with Gasteiger partial charge in [-0.1, -0.05) is 36.2 Å². The molecule has 0 saturated carbocycles. The van der Waals surface area contributed by atoms with E-state index in [2.05, 4.69) is 32.0 Å². The van der Waals surface area contributed by atoms with Crippen molar-refractivity contribution in [2.45, 2.75) is 51.2 Å². The van der Waals surface area contributed by atoms with Gasteiger partial charge in [0.25, 0.3) is 11.8 Å². The summed E-state index contributed by atoms with van der Waals surface area (Å²) in [5, 5.41) is 21.0. The van der Waals surface area contributed by atoms with Crippen molar-refractivity contribution in [2.75, 3.05) is 56.6 Å². The van der Waals surface area contributed by atoms with Crippen molar-refractivity contribution in [3.05, 3.63) is 46.2 Å². The van der Waals surface area contributed by atoms with E-state index in [1.807, 2.05) is 36.1 Å². The number of aliphatic hydroxyl groups is 2. The first-order chi connectivity index (χ1) is 18.7. The number of hydrogen-bond acceptors (Lipinski definition) is 9. The Bertz CT molecular complexity index is 1150. The highest BCUT2D eigenvalue weighted by Crippen LogP contribution is 2.30. The molecule has 3 heterocycles. The van der Waals surface area contributed by atoms with Crippen LogP contribution in [0.2, 0.25) is 5.15 Å². The van der Waals surface area contributed by atoms with E-state index in [9.17, 15) is 19.8 Å². The molecule has 2 fully saturated rings. The van der Waals surface area contributed by atoms with E-state index >= 15 is 0 Å². The van der Waals surface area contributed by atoms with Crippen LogP contribution in [0.4, 0.5) is 11.6 Å². The Morgan fingerprint density at radius 3 is 2.38 bits per heavy atom. The molecule has 5 N–H and O–H groups in total. The lowest BCUT2D eigenvalue weighted by Crippen LogP contribution is -2.58. The van der Waals surface area contributed by atoms with Crippen molar-refractivity contribution in [1.82, 2.24) is 25.1 Å². The minimum atomic E-state index is -0.830. The maximum atomic E-state index is 12.9. The second kappa shape index (κ2) is 12.9. The van der Waals surface area contributed by atoms with Crippen molar-refractivity contribution >= 4 is 35.1 Å². The Balaban J connectivity index is 1.38. The van der Waals surface area contributed by atoms with Gasteiger partial charge in [-0.25, -0.2) is 9.97 Å². The Hall–Kier alpha value is -2.99. The fourth-order valence-corrected chi connectivity index (χ4v) is 5.62. The summed E-state index contributed by atoms with van der Waals surface area (Å²) in [6.07, 6.45) is 2.78. The molecule has 2 amide bonds. The standard InChI is InChI=1S/C27H38ClN7O4/c1-3-20-14-34(25-23(28)31-22(24(29)32-25)26(38)30-19(15-36)16-37)12-13-35(20)21-8-10-33(11-9-21)27(39)18-6-4-17(2)5-7-18/h4-7,19-21,36-37H,3,8-16H2,1-2H3,(H2,29,32)(H,30,38)/t20-/m0/s1. The molecule has 1 aromatic carbocycles. The van der Waals surface area contributed by atoms with Gasteiger partial charge >= 0.3 is 0 Å². The van der Waals surface area contributed by atoms with E-state index in [0.29, 0.717) is 24.9 Å². The minimum absolute atomic E-state index is 0.0670. The third-order valence-corrected chi connectivity index (χ3v) is 7.93. The third kappa shape index (κ3) is 6.60. The maximum absolute atomic E-state index is 12.9. The number of carbonyl (C=O) groups excluding carboxylic acids is 2. The number of carbonyl (C=O) groups is 2. The molecule has 1 aromatic heterocycles. The van der Waals surface area contributed by atoms with E-state index in [0.717, 1.165) is 50.0 Å². The Morgan fingerprint density at radius 1 is 1.10 bits per heavy atom. The highest BCUT2D eigenvalue weighted by atomic mass is 35.5. The summed E-state index contributed by atoms with van der Waals surface area (Å²) < 4.78 is 0. The fraction of sp³-hybridized carbons (Fsp3) is 0.556. The predicted octanol–water partition coefficient (Wildman–Crippen LogP) is 1.31. The Kier molecular flexibility index (Phi) is 9.60. The Morgan fingerprint density at radius 2 is 1.77 bits per heavy atom. The average Bonchev–Trinajstić information content (AvgIpc) is 2.96. The van der Waals surface area contributed by atoms with E-state index in [1.165, 1.54) is 0 Å². The van der Waals surface area contributed by atoms with Crippen LogP contribution in [0.25, 0.3) is 0 Å². The molecular formula is C27H38ClN7O4. The van der Waals surface area contributed by atoms with Crippen LogP contribution in [0.1, 0.15) is 52.6 Å². The van der Waals surface area contributed by atoms with Crippen LogP contribution >= 0.6 is 11.6 Å². The molecule has 0 unspecified atom stereocenters. The summed E-state index contributed by atoms with van der Waals surface area (Å²) in [6, 6.07) is 7.57. The number of nitrogens with one attached hydrogen (secondary N) is 1. The normalized spacial score (nSPS) is 19.0. The van der Waals surface area contributed by atoms with Crippen molar-refractivity contribution in [3.8, 4) is 0 Å². The second-order valence-electron chi connectivity index (χ2n) is 10.2. The number of aryl methyl sites for hydroxylation is 1. The minimum Gasteiger partial charge on any atom is -0.394 e. The van der Waals surface area contributed by atoms with Gasteiger partial charge in [0.2, 0.25) is 0 Å². The van der Waals surface area contributed by atoms with E-state index in [-0.39, 0.29) is 28.6 Å². The van der Waals surface area contributed by atoms with Crippen LogP contribution in [0.5, 0.6) is 0 Å². The molecule has 0 bridgehead atoms. The number of aromatic nitrogens is 2. The molecule has 0 spiro atoms. The molecule has 2 aliphatic heterocycles. The number of anilines is 2. The number of piperidine rings is 1. The molecule has 2 aliphatic rings. The molecule has 0 radical (unpaired) electrons. The molecule has 2 saturated heterocycles. The number of hydrogen-bond donors (Lipinski definition) is 4. The third-order valence-electron chi connectivity index (χ3n) is 7.67. The molecule has 39 heavy (non-hydrogen) atoms. The zero-order valence-corrected chi connectivity index (χ0v) is 23.3. The first-order valence-electron chi connectivity index (χ1n) is 13.5.